The molecule has 5 heterocycles. The van der Waals surface area contributed by atoms with Gasteiger partial charge in [-0.2, -0.15) is 10.2 Å². The summed E-state index contributed by atoms with van der Waals surface area (Å²) >= 11 is 0. The Labute approximate surface area is 278 Å². The highest BCUT2D eigenvalue weighted by Gasteiger charge is 2.31. The van der Waals surface area contributed by atoms with Crippen LogP contribution in [0.2, 0.25) is 0 Å². The molecule has 1 aliphatic rings. The lowest BCUT2D eigenvalue weighted by atomic mass is 10.1. The Bertz CT molecular complexity index is 2430. The van der Waals surface area contributed by atoms with Gasteiger partial charge in [-0.1, -0.05) is 18.2 Å². The summed E-state index contributed by atoms with van der Waals surface area (Å²) in [5.74, 6) is -0.702. The number of benzene rings is 3. The second-order valence-corrected chi connectivity index (χ2v) is 12.3. The number of imidazole rings is 1. The number of carbonyl (C=O) groups is 1. The number of aromatic nitrogens is 7. The number of nitrogens with one attached hydrogen (secondary N) is 1. The molecule has 4 aromatic heterocycles. The van der Waals surface area contributed by atoms with E-state index >= 15 is 4.39 Å². The van der Waals surface area contributed by atoms with E-state index in [0.717, 1.165) is 10.9 Å². The van der Waals surface area contributed by atoms with Gasteiger partial charge in [0, 0.05) is 60.4 Å². The lowest BCUT2D eigenvalue weighted by molar-refractivity contribution is 0.0729. The number of nitrogens with zero attached hydrogens (tertiary/aromatic N) is 7. The van der Waals surface area contributed by atoms with E-state index in [9.17, 15) is 14.0 Å². The van der Waals surface area contributed by atoms with Crippen molar-refractivity contribution in [2.24, 2.45) is 0 Å². The van der Waals surface area contributed by atoms with Crippen molar-refractivity contribution in [2.45, 2.75) is 33.4 Å². The number of fused-ring (bicyclic) bond motifs is 3. The number of halogens is 2. The number of para-hydroxylation sites is 1. The number of amides is 1. The minimum Gasteiger partial charge on any atom is -0.383 e. The van der Waals surface area contributed by atoms with E-state index in [1.807, 2.05) is 30.3 Å². The van der Waals surface area contributed by atoms with Gasteiger partial charge in [-0.3, -0.25) is 18.6 Å². The maximum atomic E-state index is 15.7. The van der Waals surface area contributed by atoms with Gasteiger partial charge in [0.2, 0.25) is 0 Å². The quantitative estimate of drug-likeness (QED) is 0.247. The monoisotopic (exact) mass is 662 g/mol. The highest BCUT2D eigenvalue weighted by molar-refractivity contribution is 5.98. The molecule has 11 nitrogen and oxygen atoms in total. The zero-order valence-electron chi connectivity index (χ0n) is 27.1. The number of carbonyl (C=O) groups excluding carboxylic acids is 1. The van der Waals surface area contributed by atoms with Crippen LogP contribution >= 0.6 is 0 Å². The molecule has 248 valence electrons. The predicted molar refractivity (Wildman–Crippen MR) is 180 cm³/mol. The summed E-state index contributed by atoms with van der Waals surface area (Å²) in [6.45, 7) is 4.81. The van der Waals surface area contributed by atoms with Gasteiger partial charge >= 0.3 is 5.69 Å². The number of ether oxygens (including phenoxy) is 1. The summed E-state index contributed by atoms with van der Waals surface area (Å²) in [6, 6.07) is 15.8. The average molecular weight is 663 g/mol. The van der Waals surface area contributed by atoms with Crippen molar-refractivity contribution in [2.75, 3.05) is 20.3 Å². The number of aromatic amines is 1. The van der Waals surface area contributed by atoms with Crippen LogP contribution in [0.25, 0.3) is 39.0 Å². The van der Waals surface area contributed by atoms with Gasteiger partial charge in [0.1, 0.15) is 23.1 Å². The third-order valence-corrected chi connectivity index (χ3v) is 9.20. The van der Waals surface area contributed by atoms with Crippen LogP contribution in [0.1, 0.15) is 32.9 Å². The number of aryl methyl sites for hydroxylation is 2. The molecule has 13 heteroatoms. The second kappa shape index (κ2) is 11.7. The van der Waals surface area contributed by atoms with Crippen LogP contribution in [0.5, 0.6) is 0 Å². The van der Waals surface area contributed by atoms with Gasteiger partial charge in [0.15, 0.2) is 0 Å². The molecule has 0 atom stereocenters. The molecule has 0 aliphatic carbocycles. The molecule has 7 aromatic rings. The van der Waals surface area contributed by atoms with Crippen molar-refractivity contribution < 1.29 is 18.3 Å². The molecule has 3 aromatic carbocycles. The zero-order chi connectivity index (χ0) is 34.0. The molecule has 8 rings (SSSR count). The number of rotatable bonds is 7. The van der Waals surface area contributed by atoms with Crippen LogP contribution in [0.4, 0.5) is 8.78 Å². The SMILES string of the molecule is COCCn1ncc2cc(-n3ccn(-c4c5c(nn4-c4cc(C)c(F)c(C)c4)CCN(C(=O)c4cc6ccccc6[nH]4)C5)c3=O)c(F)cc21. The molecular formula is C36H32F2N8O3. The van der Waals surface area contributed by atoms with Crippen LogP contribution in [0, 0.1) is 25.5 Å². The van der Waals surface area contributed by atoms with Crippen molar-refractivity contribution in [3.05, 3.63) is 123 Å². The average Bonchev–Trinajstić information content (AvgIpc) is 3.88. The lowest BCUT2D eigenvalue weighted by Crippen LogP contribution is -2.36. The number of hydrogen-bond donors (Lipinski definition) is 1. The standard InChI is InChI=1S/C36H32F2N8O3/c1-21-14-25(15-22(2)33(21)38)46-34(26-20-42(9-8-29(26)41-46)35(47)30-16-23-6-4-5-7-28(23)40-30)44-11-10-43(36(44)48)32-17-24-19-39-45(12-13-49-3)31(24)18-27(32)37/h4-7,10-11,14-19,40H,8-9,12-13,20H2,1-3H3. The Hall–Kier alpha value is -5.82. The van der Waals surface area contributed by atoms with Gasteiger partial charge in [0.25, 0.3) is 5.91 Å². The Morgan fingerprint density at radius 3 is 2.55 bits per heavy atom. The lowest BCUT2D eigenvalue weighted by Gasteiger charge is -2.26. The number of methoxy groups -OCH3 is 1. The van der Waals surface area contributed by atoms with Gasteiger partial charge in [-0.25, -0.2) is 18.3 Å². The van der Waals surface area contributed by atoms with Gasteiger partial charge in [-0.15, -0.1) is 0 Å². The molecule has 49 heavy (non-hydrogen) atoms. The summed E-state index contributed by atoms with van der Waals surface area (Å²) in [7, 11) is 1.59. The van der Waals surface area contributed by atoms with Crippen LogP contribution in [0.3, 0.4) is 0 Å². The Morgan fingerprint density at radius 2 is 1.78 bits per heavy atom. The second-order valence-electron chi connectivity index (χ2n) is 12.3. The van der Waals surface area contributed by atoms with Gasteiger partial charge in [-0.05, 0) is 55.3 Å². The summed E-state index contributed by atoms with van der Waals surface area (Å²) in [4.78, 5) is 33.0. The molecule has 1 aliphatic heterocycles. The minimum atomic E-state index is -0.595. The molecule has 0 bridgehead atoms. The summed E-state index contributed by atoms with van der Waals surface area (Å²) in [5.41, 5.74) is 4.23. The molecule has 0 radical (unpaired) electrons. The third kappa shape index (κ3) is 5.05. The first-order valence-corrected chi connectivity index (χ1v) is 15.9. The van der Waals surface area contributed by atoms with Crippen molar-refractivity contribution >= 4 is 27.7 Å². The molecule has 0 saturated carbocycles. The highest BCUT2D eigenvalue weighted by atomic mass is 19.1. The Kier molecular flexibility index (Phi) is 7.29. The maximum absolute atomic E-state index is 15.7. The van der Waals surface area contributed by atoms with Gasteiger partial charge < -0.3 is 14.6 Å². The van der Waals surface area contributed by atoms with Crippen molar-refractivity contribution in [1.82, 2.24) is 38.6 Å². The maximum Gasteiger partial charge on any atom is 0.338 e. The first kappa shape index (κ1) is 30.5. The van der Waals surface area contributed by atoms with Crippen LogP contribution in [-0.2, 0) is 24.2 Å². The molecule has 1 amide bonds. The van der Waals surface area contributed by atoms with E-state index in [-0.39, 0.29) is 24.0 Å². The van der Waals surface area contributed by atoms with Crippen molar-refractivity contribution in [3.8, 4) is 17.2 Å². The molecule has 0 saturated heterocycles. The molecule has 0 fully saturated rings. The Morgan fingerprint density at radius 1 is 1.00 bits per heavy atom. The number of hydrogen-bond acceptors (Lipinski definition) is 5. The van der Waals surface area contributed by atoms with Crippen molar-refractivity contribution in [1.29, 1.82) is 0 Å². The molecular weight excluding hydrogens is 630 g/mol. The molecule has 1 N–H and O–H groups in total. The minimum absolute atomic E-state index is 0.0616. The third-order valence-electron chi connectivity index (χ3n) is 9.20. The molecule has 0 spiro atoms. The normalized spacial score (nSPS) is 13.1. The smallest absolute Gasteiger partial charge is 0.338 e. The Balaban J connectivity index is 1.24. The fourth-order valence-corrected chi connectivity index (χ4v) is 6.71. The first-order valence-electron chi connectivity index (χ1n) is 15.9. The zero-order valence-corrected chi connectivity index (χ0v) is 27.1. The van der Waals surface area contributed by atoms with E-state index in [1.54, 1.807) is 65.8 Å². The fraction of sp³-hybridized carbons (Fsp3) is 0.222. The predicted octanol–water partition coefficient (Wildman–Crippen LogP) is 5.38. The fourth-order valence-electron chi connectivity index (χ4n) is 6.71. The van der Waals surface area contributed by atoms with Crippen molar-refractivity contribution in [3.63, 3.8) is 0 Å². The first-order chi connectivity index (χ1) is 23.7. The van der Waals surface area contributed by atoms with E-state index in [2.05, 4.69) is 10.1 Å². The van der Waals surface area contributed by atoms with E-state index in [0.29, 0.717) is 76.6 Å². The van der Waals surface area contributed by atoms with E-state index < -0.39 is 11.5 Å². The largest absolute Gasteiger partial charge is 0.383 e. The summed E-state index contributed by atoms with van der Waals surface area (Å²) in [5, 5.41) is 10.8. The van der Waals surface area contributed by atoms with Crippen LogP contribution in [0.15, 0.2) is 78.0 Å². The number of H-pyrrole nitrogens is 1. The summed E-state index contributed by atoms with van der Waals surface area (Å²) < 4.78 is 41.5. The van der Waals surface area contributed by atoms with Gasteiger partial charge in [0.05, 0.1) is 48.5 Å². The topological polar surface area (TPSA) is 108 Å². The van der Waals surface area contributed by atoms with Crippen LogP contribution < -0.4 is 5.69 Å². The van der Waals surface area contributed by atoms with Crippen LogP contribution in [-0.4, -0.2) is 64.7 Å². The van der Waals surface area contributed by atoms with E-state index in [4.69, 9.17) is 9.84 Å². The molecule has 0 unspecified atom stereocenters. The van der Waals surface area contributed by atoms with E-state index in [1.165, 1.54) is 21.4 Å². The summed E-state index contributed by atoms with van der Waals surface area (Å²) in [6.07, 6.45) is 5.13. The highest BCUT2D eigenvalue weighted by Crippen LogP contribution is 2.30.